The van der Waals surface area contributed by atoms with Gasteiger partial charge in [0.05, 0.1) is 0 Å². The topological polar surface area (TPSA) is 17.1 Å². The van der Waals surface area contributed by atoms with E-state index in [-0.39, 0.29) is 10.8 Å². The van der Waals surface area contributed by atoms with Crippen molar-refractivity contribution in [2.75, 3.05) is 0 Å². The SMILES string of the molecule is CC(=O)C1(C)C(C(C)C)c2ccc(C)cc2C1(C)C. The fourth-order valence-electron chi connectivity index (χ4n) is 4.15. The maximum absolute atomic E-state index is 12.5. The Bertz CT molecular complexity index is 524. The van der Waals surface area contributed by atoms with E-state index in [1.807, 2.05) is 0 Å². The Labute approximate surface area is 117 Å². The minimum absolute atomic E-state index is 0.102. The molecule has 2 unspecified atom stereocenters. The number of Topliss-reactive ketones (excluding diaryl/α,β-unsaturated/α-hetero) is 1. The molecule has 0 aromatic heterocycles. The Morgan fingerprint density at radius 2 is 1.79 bits per heavy atom. The van der Waals surface area contributed by atoms with E-state index >= 15 is 0 Å². The van der Waals surface area contributed by atoms with Crippen LogP contribution in [0, 0.1) is 18.3 Å². The van der Waals surface area contributed by atoms with Crippen molar-refractivity contribution in [3.63, 3.8) is 0 Å². The highest BCUT2D eigenvalue weighted by molar-refractivity contribution is 5.87. The summed E-state index contributed by atoms with van der Waals surface area (Å²) in [6.45, 7) is 15.0. The number of hydrogen-bond acceptors (Lipinski definition) is 1. The van der Waals surface area contributed by atoms with Crippen LogP contribution in [0.2, 0.25) is 0 Å². The third-order valence-electron chi connectivity index (χ3n) is 5.54. The van der Waals surface area contributed by atoms with Gasteiger partial charge < -0.3 is 0 Å². The summed E-state index contributed by atoms with van der Waals surface area (Å²) in [5.74, 6) is 1.10. The molecule has 1 aromatic rings. The molecule has 0 radical (unpaired) electrons. The lowest BCUT2D eigenvalue weighted by molar-refractivity contribution is -0.130. The number of fused-ring (bicyclic) bond motifs is 1. The van der Waals surface area contributed by atoms with Gasteiger partial charge in [-0.15, -0.1) is 0 Å². The zero-order chi connectivity index (χ0) is 14.6. The van der Waals surface area contributed by atoms with Gasteiger partial charge in [-0.1, -0.05) is 58.4 Å². The first-order chi connectivity index (χ1) is 8.64. The Morgan fingerprint density at radius 1 is 1.21 bits per heavy atom. The summed E-state index contributed by atoms with van der Waals surface area (Å²) in [6, 6.07) is 6.69. The van der Waals surface area contributed by atoms with E-state index < -0.39 is 0 Å². The monoisotopic (exact) mass is 258 g/mol. The molecule has 0 heterocycles. The van der Waals surface area contributed by atoms with Crippen LogP contribution in [-0.4, -0.2) is 5.78 Å². The highest BCUT2D eigenvalue weighted by atomic mass is 16.1. The van der Waals surface area contributed by atoms with E-state index in [0.29, 0.717) is 17.6 Å². The molecule has 104 valence electrons. The second kappa shape index (κ2) is 4.19. The van der Waals surface area contributed by atoms with Crippen molar-refractivity contribution in [3.05, 3.63) is 34.9 Å². The molecule has 0 fully saturated rings. The normalized spacial score (nSPS) is 28.5. The molecule has 0 N–H and O–H groups in total. The van der Waals surface area contributed by atoms with Crippen molar-refractivity contribution < 1.29 is 4.79 Å². The van der Waals surface area contributed by atoms with E-state index in [1.165, 1.54) is 16.7 Å². The quantitative estimate of drug-likeness (QED) is 0.756. The first kappa shape index (κ1) is 14.3. The highest BCUT2D eigenvalue weighted by Gasteiger charge is 2.58. The van der Waals surface area contributed by atoms with Crippen LogP contribution in [0.4, 0.5) is 0 Å². The van der Waals surface area contributed by atoms with Crippen molar-refractivity contribution in [2.24, 2.45) is 11.3 Å². The summed E-state index contributed by atoms with van der Waals surface area (Å²) >= 11 is 0. The molecule has 1 aliphatic rings. The molecule has 0 spiro atoms. The highest BCUT2D eigenvalue weighted by Crippen LogP contribution is 2.61. The van der Waals surface area contributed by atoms with Crippen molar-refractivity contribution in [1.29, 1.82) is 0 Å². The number of rotatable bonds is 2. The first-order valence-electron chi connectivity index (χ1n) is 7.26. The molecular formula is C18H26O. The molecule has 0 bridgehead atoms. The summed E-state index contributed by atoms with van der Waals surface area (Å²) < 4.78 is 0. The van der Waals surface area contributed by atoms with E-state index in [2.05, 4.69) is 59.7 Å². The van der Waals surface area contributed by atoms with Crippen molar-refractivity contribution in [1.82, 2.24) is 0 Å². The Kier molecular flexibility index (Phi) is 3.16. The zero-order valence-corrected chi connectivity index (χ0v) is 13.3. The fraction of sp³-hybridized carbons (Fsp3) is 0.611. The molecule has 1 aliphatic carbocycles. The number of ketones is 1. The van der Waals surface area contributed by atoms with Crippen molar-refractivity contribution in [3.8, 4) is 0 Å². The minimum atomic E-state index is -0.308. The predicted molar refractivity (Wildman–Crippen MR) is 80.6 cm³/mol. The number of carbonyl (C=O) groups is 1. The average molecular weight is 258 g/mol. The van der Waals surface area contributed by atoms with Crippen LogP contribution < -0.4 is 0 Å². The molecule has 19 heavy (non-hydrogen) atoms. The van der Waals surface area contributed by atoms with Gasteiger partial charge in [0, 0.05) is 10.8 Å². The number of hydrogen-bond donors (Lipinski definition) is 0. The number of aryl methyl sites for hydroxylation is 1. The third kappa shape index (κ3) is 1.70. The summed E-state index contributed by atoms with van der Waals surface area (Å²) in [5.41, 5.74) is 3.61. The average Bonchev–Trinajstić information content (AvgIpc) is 2.46. The van der Waals surface area contributed by atoms with Crippen LogP contribution >= 0.6 is 0 Å². The summed E-state index contributed by atoms with van der Waals surface area (Å²) in [4.78, 5) is 12.5. The Balaban J connectivity index is 2.77. The predicted octanol–water partition coefficient (Wildman–Crippen LogP) is 4.62. The molecule has 0 saturated heterocycles. The molecule has 0 aliphatic heterocycles. The standard InChI is InChI=1S/C18H26O/c1-11(2)16-14-9-8-12(3)10-15(14)17(5,6)18(16,7)13(4)19/h8-11,16H,1-7H3. The first-order valence-corrected chi connectivity index (χ1v) is 7.26. The van der Waals surface area contributed by atoms with Gasteiger partial charge in [0.25, 0.3) is 0 Å². The van der Waals surface area contributed by atoms with Crippen molar-refractivity contribution >= 4 is 5.78 Å². The van der Waals surface area contributed by atoms with Crippen LogP contribution in [-0.2, 0) is 10.2 Å². The van der Waals surface area contributed by atoms with Gasteiger partial charge in [-0.2, -0.15) is 0 Å². The van der Waals surface area contributed by atoms with E-state index in [1.54, 1.807) is 6.92 Å². The molecule has 1 nitrogen and oxygen atoms in total. The largest absolute Gasteiger partial charge is 0.299 e. The van der Waals surface area contributed by atoms with Gasteiger partial charge in [-0.3, -0.25) is 4.79 Å². The lowest BCUT2D eigenvalue weighted by Gasteiger charge is -2.42. The van der Waals surface area contributed by atoms with Gasteiger partial charge in [0.2, 0.25) is 0 Å². The number of benzene rings is 1. The molecule has 1 heteroatoms. The molecule has 0 amide bonds. The molecule has 0 saturated carbocycles. The van der Waals surface area contributed by atoms with Crippen LogP contribution in [0.1, 0.15) is 64.2 Å². The van der Waals surface area contributed by atoms with E-state index in [4.69, 9.17) is 0 Å². The smallest absolute Gasteiger partial charge is 0.137 e. The van der Waals surface area contributed by atoms with Crippen LogP contribution in [0.5, 0.6) is 0 Å². The molecule has 1 aromatic carbocycles. The van der Waals surface area contributed by atoms with E-state index in [9.17, 15) is 4.79 Å². The minimum Gasteiger partial charge on any atom is -0.299 e. The van der Waals surface area contributed by atoms with Crippen LogP contribution in [0.15, 0.2) is 18.2 Å². The number of carbonyl (C=O) groups excluding carboxylic acids is 1. The molecule has 2 atom stereocenters. The Morgan fingerprint density at radius 3 is 2.26 bits per heavy atom. The Hall–Kier alpha value is -1.11. The lowest BCUT2D eigenvalue weighted by Crippen LogP contribution is -2.44. The zero-order valence-electron chi connectivity index (χ0n) is 13.3. The van der Waals surface area contributed by atoms with Crippen LogP contribution in [0.3, 0.4) is 0 Å². The maximum Gasteiger partial charge on any atom is 0.137 e. The second-order valence-corrected chi connectivity index (χ2v) is 7.20. The van der Waals surface area contributed by atoms with E-state index in [0.717, 1.165) is 0 Å². The third-order valence-corrected chi connectivity index (χ3v) is 5.54. The van der Waals surface area contributed by atoms with Crippen molar-refractivity contribution in [2.45, 2.75) is 59.8 Å². The molecule has 2 rings (SSSR count). The van der Waals surface area contributed by atoms with Crippen LogP contribution in [0.25, 0.3) is 0 Å². The van der Waals surface area contributed by atoms with Gasteiger partial charge in [0.15, 0.2) is 0 Å². The summed E-state index contributed by atoms with van der Waals surface area (Å²) in [5, 5.41) is 0. The summed E-state index contributed by atoms with van der Waals surface area (Å²) in [7, 11) is 0. The van der Waals surface area contributed by atoms with Gasteiger partial charge in [0.1, 0.15) is 5.78 Å². The van der Waals surface area contributed by atoms with Gasteiger partial charge in [-0.05, 0) is 36.8 Å². The maximum atomic E-state index is 12.5. The van der Waals surface area contributed by atoms with Gasteiger partial charge in [-0.25, -0.2) is 0 Å². The lowest BCUT2D eigenvalue weighted by atomic mass is 9.59. The van der Waals surface area contributed by atoms with Gasteiger partial charge >= 0.3 is 0 Å². The molecular weight excluding hydrogens is 232 g/mol. The summed E-state index contributed by atoms with van der Waals surface area (Å²) in [6.07, 6.45) is 0. The fourth-order valence-corrected chi connectivity index (χ4v) is 4.15. The second-order valence-electron chi connectivity index (χ2n) is 7.20.